The van der Waals surface area contributed by atoms with Gasteiger partial charge in [0.1, 0.15) is 13.7 Å². The zero-order valence-electron chi connectivity index (χ0n) is 14.7. The van der Waals surface area contributed by atoms with Gasteiger partial charge < -0.3 is 15.2 Å². The minimum Gasteiger partial charge on any atom is -0.393 e. The second-order valence-corrected chi connectivity index (χ2v) is 6.61. The van der Waals surface area contributed by atoms with Crippen LogP contribution in [0.15, 0.2) is 49.1 Å². The van der Waals surface area contributed by atoms with Crippen molar-refractivity contribution in [2.24, 2.45) is 0 Å². The normalized spacial score (nSPS) is 14.3. The summed E-state index contributed by atoms with van der Waals surface area (Å²) in [6, 6.07) is 9.24. The van der Waals surface area contributed by atoms with Crippen LogP contribution in [0.25, 0.3) is 22.4 Å². The van der Waals surface area contributed by atoms with Gasteiger partial charge in [-0.3, -0.25) is 4.98 Å². The lowest BCUT2D eigenvalue weighted by molar-refractivity contribution is 0.774. The first-order chi connectivity index (χ1) is 12.3. The first kappa shape index (κ1) is 15.8. The Kier molecular flexibility index (Phi) is 4.18. The Balaban J connectivity index is 1.72. The third kappa shape index (κ3) is 3.24. The fourth-order valence-corrected chi connectivity index (χ4v) is 3.13. The number of nitrogens with one attached hydrogen (secondary N) is 2. The first-order valence-corrected chi connectivity index (χ1v) is 8.75. The summed E-state index contributed by atoms with van der Waals surface area (Å²) in [4.78, 5) is 9.35. The quantitative estimate of drug-likeness (QED) is 0.672. The van der Waals surface area contributed by atoms with Crippen LogP contribution in [0.3, 0.4) is 0 Å². The fraction of sp³-hybridized carbons (Fsp3) is 0.263. The van der Waals surface area contributed by atoms with Crippen molar-refractivity contribution < 1.29 is 0 Å². The van der Waals surface area contributed by atoms with Crippen molar-refractivity contribution in [3.8, 4) is 11.4 Å². The molecule has 0 aliphatic heterocycles. The van der Waals surface area contributed by atoms with Gasteiger partial charge in [0.05, 0.1) is 11.0 Å². The number of aromatic nitrogens is 3. The van der Waals surface area contributed by atoms with E-state index in [4.69, 9.17) is 4.98 Å². The van der Waals surface area contributed by atoms with Gasteiger partial charge in [0.2, 0.25) is 0 Å². The molecule has 4 rings (SSSR count). The molecule has 1 aliphatic rings. The van der Waals surface area contributed by atoms with Crippen LogP contribution in [0.5, 0.6) is 0 Å². The highest BCUT2D eigenvalue weighted by molar-refractivity contribution is 6.33. The van der Waals surface area contributed by atoms with Crippen molar-refractivity contribution in [2.75, 3.05) is 7.05 Å². The number of imidazole rings is 1. The van der Waals surface area contributed by atoms with Crippen molar-refractivity contribution in [1.29, 1.82) is 0 Å². The minimum absolute atomic E-state index is 0.571. The largest absolute Gasteiger partial charge is 0.393 e. The van der Waals surface area contributed by atoms with Crippen LogP contribution < -0.4 is 16.1 Å². The summed E-state index contributed by atoms with van der Waals surface area (Å²) >= 11 is 0. The SMILES string of the molecule is Bc1ccc2nc(-c3cncc(CN/C=C\NC)c3)n(C3CC3)c2c1. The molecule has 0 saturated heterocycles. The van der Waals surface area contributed by atoms with E-state index in [0.717, 1.165) is 29.0 Å². The number of pyridine rings is 1. The average molecular weight is 331 g/mol. The van der Waals surface area contributed by atoms with Crippen LogP contribution in [0.4, 0.5) is 0 Å². The molecule has 0 unspecified atom stereocenters. The van der Waals surface area contributed by atoms with E-state index in [2.05, 4.69) is 52.3 Å². The maximum absolute atomic E-state index is 4.91. The molecule has 2 aromatic heterocycles. The zero-order valence-corrected chi connectivity index (χ0v) is 14.7. The van der Waals surface area contributed by atoms with E-state index >= 15 is 0 Å². The van der Waals surface area contributed by atoms with Crippen molar-refractivity contribution in [2.45, 2.75) is 25.4 Å². The number of rotatable bonds is 6. The Bertz CT molecular complexity index is 927. The van der Waals surface area contributed by atoms with E-state index in [-0.39, 0.29) is 0 Å². The third-order valence-electron chi connectivity index (χ3n) is 4.48. The number of benzene rings is 1. The highest BCUT2D eigenvalue weighted by Crippen LogP contribution is 2.41. The summed E-state index contributed by atoms with van der Waals surface area (Å²) in [5, 5.41) is 6.22. The number of hydrogen-bond acceptors (Lipinski definition) is 4. The lowest BCUT2D eigenvalue weighted by Crippen LogP contribution is -2.07. The summed E-state index contributed by atoms with van der Waals surface area (Å²) in [7, 11) is 4.01. The first-order valence-electron chi connectivity index (χ1n) is 8.75. The van der Waals surface area contributed by atoms with Crippen LogP contribution in [-0.2, 0) is 6.54 Å². The van der Waals surface area contributed by atoms with Crippen LogP contribution >= 0.6 is 0 Å². The third-order valence-corrected chi connectivity index (χ3v) is 4.48. The number of fused-ring (bicyclic) bond motifs is 1. The van der Waals surface area contributed by atoms with Gasteiger partial charge in [0.25, 0.3) is 0 Å². The lowest BCUT2D eigenvalue weighted by Gasteiger charge is -2.09. The Morgan fingerprint density at radius 2 is 2.12 bits per heavy atom. The molecule has 2 N–H and O–H groups in total. The van der Waals surface area contributed by atoms with E-state index in [0.29, 0.717) is 6.04 Å². The lowest BCUT2D eigenvalue weighted by atomic mass is 9.96. The Labute approximate surface area is 148 Å². The number of nitrogens with zero attached hydrogens (tertiary/aromatic N) is 3. The van der Waals surface area contributed by atoms with Crippen LogP contribution in [0, 0.1) is 0 Å². The van der Waals surface area contributed by atoms with Gasteiger partial charge in [0, 0.05) is 50.0 Å². The van der Waals surface area contributed by atoms with Gasteiger partial charge >= 0.3 is 0 Å². The highest BCUT2D eigenvalue weighted by atomic mass is 15.1. The monoisotopic (exact) mass is 331 g/mol. The smallest absolute Gasteiger partial charge is 0.142 e. The van der Waals surface area contributed by atoms with Crippen molar-refractivity contribution in [3.63, 3.8) is 0 Å². The predicted octanol–water partition coefficient (Wildman–Crippen LogP) is 1.47. The molecule has 126 valence electrons. The molecule has 5 nitrogen and oxygen atoms in total. The Morgan fingerprint density at radius 1 is 1.24 bits per heavy atom. The van der Waals surface area contributed by atoms with E-state index in [1.807, 2.05) is 31.8 Å². The molecule has 2 heterocycles. The molecule has 1 aliphatic carbocycles. The standard InChI is InChI=1S/C19H22BN5/c1-21-6-7-22-10-13-8-14(12-23-11-13)19-24-17-5-2-15(20)9-18(17)25(19)16-3-4-16/h2,5-9,11-12,16,21-22H,3-4,10,20H2,1H3/b7-6-. The molecular formula is C19H22BN5. The highest BCUT2D eigenvalue weighted by Gasteiger charge is 2.28. The van der Waals surface area contributed by atoms with Gasteiger partial charge in [-0.15, -0.1) is 0 Å². The number of hydrogen-bond donors (Lipinski definition) is 2. The topological polar surface area (TPSA) is 54.8 Å². The molecule has 1 fully saturated rings. The molecule has 3 aromatic rings. The van der Waals surface area contributed by atoms with Crippen molar-refractivity contribution in [1.82, 2.24) is 25.2 Å². The zero-order chi connectivity index (χ0) is 17.2. The molecule has 1 saturated carbocycles. The molecule has 0 bridgehead atoms. The average Bonchev–Trinajstić information content (AvgIpc) is 3.39. The molecule has 6 heteroatoms. The van der Waals surface area contributed by atoms with Crippen LogP contribution in [0.2, 0.25) is 0 Å². The fourth-order valence-electron chi connectivity index (χ4n) is 3.13. The van der Waals surface area contributed by atoms with E-state index in [9.17, 15) is 0 Å². The summed E-state index contributed by atoms with van der Waals surface area (Å²) < 4.78 is 2.40. The maximum Gasteiger partial charge on any atom is 0.142 e. The van der Waals surface area contributed by atoms with Crippen LogP contribution in [0.1, 0.15) is 24.4 Å². The van der Waals surface area contributed by atoms with Crippen molar-refractivity contribution >= 4 is 24.3 Å². The molecule has 0 atom stereocenters. The summed E-state index contributed by atoms with van der Waals surface area (Å²) in [6.07, 6.45) is 10.0. The van der Waals surface area contributed by atoms with Gasteiger partial charge in [-0.05, 0) is 36.6 Å². The molecule has 25 heavy (non-hydrogen) atoms. The second-order valence-electron chi connectivity index (χ2n) is 6.61. The van der Waals surface area contributed by atoms with Gasteiger partial charge in [0.15, 0.2) is 0 Å². The van der Waals surface area contributed by atoms with Crippen molar-refractivity contribution in [3.05, 3.63) is 54.6 Å². The second kappa shape index (κ2) is 6.63. The van der Waals surface area contributed by atoms with Gasteiger partial charge in [-0.25, -0.2) is 4.98 Å². The predicted molar refractivity (Wildman–Crippen MR) is 104 cm³/mol. The molecule has 0 amide bonds. The summed E-state index contributed by atoms with van der Waals surface area (Å²) in [5.41, 5.74) is 5.79. The molecule has 0 radical (unpaired) electrons. The summed E-state index contributed by atoms with van der Waals surface area (Å²) in [5.74, 6) is 1.03. The van der Waals surface area contributed by atoms with E-state index in [1.54, 1.807) is 0 Å². The molecule has 0 spiro atoms. The minimum atomic E-state index is 0.571. The van der Waals surface area contributed by atoms with E-state index < -0.39 is 0 Å². The maximum atomic E-state index is 4.91. The van der Waals surface area contributed by atoms with Crippen LogP contribution in [-0.4, -0.2) is 29.4 Å². The van der Waals surface area contributed by atoms with Gasteiger partial charge in [-0.1, -0.05) is 11.5 Å². The Morgan fingerprint density at radius 3 is 2.92 bits per heavy atom. The van der Waals surface area contributed by atoms with E-state index in [1.165, 1.54) is 23.8 Å². The Hall–Kier alpha value is -2.76. The molecular weight excluding hydrogens is 309 g/mol. The molecule has 1 aromatic carbocycles. The summed E-state index contributed by atoms with van der Waals surface area (Å²) in [6.45, 7) is 0.738. The van der Waals surface area contributed by atoms with Gasteiger partial charge in [-0.2, -0.15) is 0 Å².